The van der Waals surface area contributed by atoms with Crippen molar-refractivity contribution in [2.75, 3.05) is 5.32 Å². The fourth-order valence-corrected chi connectivity index (χ4v) is 2.32. The maximum Gasteiger partial charge on any atom is 0.573 e. The number of hydrogen-bond donors (Lipinski definition) is 1. The zero-order valence-electron chi connectivity index (χ0n) is 13.8. The van der Waals surface area contributed by atoms with Crippen LogP contribution >= 0.6 is 0 Å². The molecule has 3 aromatic rings. The number of rotatable bonds is 5. The summed E-state index contributed by atoms with van der Waals surface area (Å²) in [6.07, 6.45) is -2.52. The van der Waals surface area contributed by atoms with Crippen molar-refractivity contribution in [3.63, 3.8) is 0 Å². The minimum absolute atomic E-state index is 0.0693. The highest BCUT2D eigenvalue weighted by molar-refractivity contribution is 6.05. The summed E-state index contributed by atoms with van der Waals surface area (Å²) in [5.41, 5.74) is -0.747. The van der Waals surface area contributed by atoms with E-state index in [9.17, 15) is 28.1 Å². The molecule has 3 rings (SSSR count). The Kier molecular flexibility index (Phi) is 4.94. The Morgan fingerprint density at radius 3 is 2.61 bits per heavy atom. The number of nitro groups is 1. The molecule has 0 aliphatic carbocycles. The number of benzene rings is 2. The number of hydrogen-bond acceptors (Lipinski definition) is 6. The van der Waals surface area contributed by atoms with Gasteiger partial charge in [0.1, 0.15) is 18.3 Å². The highest BCUT2D eigenvalue weighted by Gasteiger charge is 2.32. The maximum atomic E-state index is 12.5. The van der Waals surface area contributed by atoms with Gasteiger partial charge in [-0.15, -0.1) is 13.2 Å². The Balaban J connectivity index is 1.90. The van der Waals surface area contributed by atoms with Crippen molar-refractivity contribution in [3.8, 4) is 11.4 Å². The topological polar surface area (TPSA) is 112 Å². The first-order valence-corrected chi connectivity index (χ1v) is 7.54. The summed E-state index contributed by atoms with van der Waals surface area (Å²) in [5, 5.41) is 17.4. The lowest BCUT2D eigenvalue weighted by Gasteiger charge is -2.14. The smallest absolute Gasteiger partial charge is 0.404 e. The molecule has 0 radical (unpaired) electrons. The van der Waals surface area contributed by atoms with Gasteiger partial charge in [0.2, 0.25) is 0 Å². The van der Waals surface area contributed by atoms with Crippen molar-refractivity contribution in [3.05, 3.63) is 70.8 Å². The van der Waals surface area contributed by atoms with Gasteiger partial charge in [-0.25, -0.2) is 9.67 Å². The van der Waals surface area contributed by atoms with E-state index in [1.807, 2.05) is 0 Å². The van der Waals surface area contributed by atoms with Crippen LogP contribution in [0.2, 0.25) is 0 Å². The summed E-state index contributed by atoms with van der Waals surface area (Å²) < 4.78 is 42.4. The van der Waals surface area contributed by atoms with Gasteiger partial charge in [0.15, 0.2) is 5.75 Å². The molecule has 0 saturated heterocycles. The Hall–Kier alpha value is -3.96. The molecule has 1 heterocycles. The highest BCUT2D eigenvalue weighted by Crippen LogP contribution is 2.31. The molecule has 0 atom stereocenters. The average molecular weight is 393 g/mol. The Morgan fingerprint density at radius 1 is 1.21 bits per heavy atom. The monoisotopic (exact) mass is 393 g/mol. The van der Waals surface area contributed by atoms with Gasteiger partial charge < -0.3 is 10.1 Å². The summed E-state index contributed by atoms with van der Waals surface area (Å²) >= 11 is 0. The van der Waals surface area contributed by atoms with Crippen molar-refractivity contribution in [2.24, 2.45) is 0 Å². The zero-order chi connectivity index (χ0) is 20.3. The first-order valence-electron chi connectivity index (χ1n) is 7.54. The summed E-state index contributed by atoms with van der Waals surface area (Å²) in [4.78, 5) is 26.7. The van der Waals surface area contributed by atoms with Crippen LogP contribution in [-0.4, -0.2) is 32.0 Å². The first-order chi connectivity index (χ1) is 13.2. The van der Waals surface area contributed by atoms with Crippen LogP contribution in [0.15, 0.2) is 55.1 Å². The fraction of sp³-hybridized carbons (Fsp3) is 0.0625. The molecule has 0 bridgehead atoms. The molecule has 0 aliphatic heterocycles. The van der Waals surface area contributed by atoms with Gasteiger partial charge >= 0.3 is 6.36 Å². The van der Waals surface area contributed by atoms with E-state index in [4.69, 9.17) is 0 Å². The normalized spacial score (nSPS) is 11.1. The van der Waals surface area contributed by atoms with Gasteiger partial charge in [-0.3, -0.25) is 14.9 Å². The highest BCUT2D eigenvalue weighted by atomic mass is 19.4. The van der Waals surface area contributed by atoms with E-state index in [0.29, 0.717) is 0 Å². The standard InChI is InChI=1S/C16H10F3N5O4/c17-16(18,19)28-14-4-2-1-3-11(14)22-15(25)10-5-6-12(13(7-10)24(26)27)23-9-20-8-21-23/h1-9H,(H,22,25). The molecule has 9 nitrogen and oxygen atoms in total. The van der Waals surface area contributed by atoms with Crippen LogP contribution in [0.5, 0.6) is 5.75 Å². The molecule has 1 aromatic heterocycles. The number of halogens is 3. The number of alkyl halides is 3. The number of carbonyl (C=O) groups is 1. The van der Waals surface area contributed by atoms with Crippen LogP contribution in [-0.2, 0) is 0 Å². The molecular formula is C16H10F3N5O4. The quantitative estimate of drug-likeness (QED) is 0.526. The largest absolute Gasteiger partial charge is 0.573 e. The molecule has 0 fully saturated rings. The van der Waals surface area contributed by atoms with Gasteiger partial charge in [0.05, 0.1) is 10.6 Å². The molecule has 12 heteroatoms. The number of nitrogens with zero attached hydrogens (tertiary/aromatic N) is 4. The number of carbonyl (C=O) groups excluding carboxylic acids is 1. The third kappa shape index (κ3) is 4.23. The van der Waals surface area contributed by atoms with E-state index in [1.165, 1.54) is 43.0 Å². The second-order valence-electron chi connectivity index (χ2n) is 5.30. The number of nitrogens with one attached hydrogen (secondary N) is 1. The van der Waals surface area contributed by atoms with Gasteiger partial charge in [-0.1, -0.05) is 12.1 Å². The van der Waals surface area contributed by atoms with Crippen molar-refractivity contribution in [1.82, 2.24) is 14.8 Å². The molecule has 144 valence electrons. The van der Waals surface area contributed by atoms with Crippen LogP contribution < -0.4 is 10.1 Å². The van der Waals surface area contributed by atoms with E-state index in [-0.39, 0.29) is 16.9 Å². The van der Waals surface area contributed by atoms with Crippen LogP contribution in [0.4, 0.5) is 24.5 Å². The minimum Gasteiger partial charge on any atom is -0.404 e. The van der Waals surface area contributed by atoms with Crippen LogP contribution in [0, 0.1) is 10.1 Å². The fourth-order valence-electron chi connectivity index (χ4n) is 2.32. The Labute approximate surface area is 154 Å². The molecule has 28 heavy (non-hydrogen) atoms. The molecule has 2 aromatic carbocycles. The second kappa shape index (κ2) is 7.34. The zero-order valence-corrected chi connectivity index (χ0v) is 13.8. The number of ether oxygens (including phenoxy) is 1. The van der Waals surface area contributed by atoms with Gasteiger partial charge in [-0.05, 0) is 24.3 Å². The average Bonchev–Trinajstić information content (AvgIpc) is 3.16. The molecule has 0 unspecified atom stereocenters. The number of aromatic nitrogens is 3. The first kappa shape index (κ1) is 18.8. The van der Waals surface area contributed by atoms with Crippen molar-refractivity contribution in [2.45, 2.75) is 6.36 Å². The summed E-state index contributed by atoms with van der Waals surface area (Å²) in [6.45, 7) is 0. The molecule has 1 amide bonds. The van der Waals surface area contributed by atoms with E-state index >= 15 is 0 Å². The van der Waals surface area contributed by atoms with Gasteiger partial charge in [-0.2, -0.15) is 5.10 Å². The molecular weight excluding hydrogens is 383 g/mol. The number of nitro benzene ring substituents is 1. The van der Waals surface area contributed by atoms with Gasteiger partial charge in [0.25, 0.3) is 11.6 Å². The molecule has 0 aliphatic rings. The predicted octanol–water partition coefficient (Wildman–Crippen LogP) is 3.33. The SMILES string of the molecule is O=C(Nc1ccccc1OC(F)(F)F)c1ccc(-n2cncn2)c([N+](=O)[O-])c1. The van der Waals surface area contributed by atoms with E-state index in [1.54, 1.807) is 0 Å². The maximum absolute atomic E-state index is 12.5. The van der Waals surface area contributed by atoms with E-state index in [0.717, 1.165) is 16.8 Å². The predicted molar refractivity (Wildman–Crippen MR) is 89.1 cm³/mol. The number of amides is 1. The second-order valence-corrected chi connectivity index (χ2v) is 5.30. The third-order valence-corrected chi connectivity index (χ3v) is 3.46. The Bertz CT molecular complexity index is 1020. The summed E-state index contributed by atoms with van der Waals surface area (Å²) in [6, 6.07) is 8.46. The minimum atomic E-state index is -4.95. The molecule has 0 spiro atoms. The summed E-state index contributed by atoms with van der Waals surface area (Å²) in [5.74, 6) is -1.47. The van der Waals surface area contributed by atoms with Crippen LogP contribution in [0.25, 0.3) is 5.69 Å². The lowest BCUT2D eigenvalue weighted by Crippen LogP contribution is -2.19. The molecule has 1 N–H and O–H groups in total. The third-order valence-electron chi connectivity index (χ3n) is 3.46. The van der Waals surface area contributed by atoms with Crippen molar-refractivity contribution in [1.29, 1.82) is 0 Å². The lowest BCUT2D eigenvalue weighted by atomic mass is 10.1. The van der Waals surface area contributed by atoms with Gasteiger partial charge in [0, 0.05) is 11.6 Å². The van der Waals surface area contributed by atoms with Crippen LogP contribution in [0.1, 0.15) is 10.4 Å². The Morgan fingerprint density at radius 2 is 1.96 bits per heavy atom. The summed E-state index contributed by atoms with van der Waals surface area (Å²) in [7, 11) is 0. The van der Waals surface area contributed by atoms with Crippen molar-refractivity contribution >= 4 is 17.3 Å². The van der Waals surface area contributed by atoms with Crippen molar-refractivity contribution < 1.29 is 27.6 Å². The molecule has 0 saturated carbocycles. The van der Waals surface area contributed by atoms with E-state index in [2.05, 4.69) is 20.1 Å². The number of para-hydroxylation sites is 2. The van der Waals surface area contributed by atoms with E-state index < -0.39 is 28.6 Å². The number of anilines is 1. The van der Waals surface area contributed by atoms with Crippen LogP contribution in [0.3, 0.4) is 0 Å². The lowest BCUT2D eigenvalue weighted by molar-refractivity contribution is -0.384.